The van der Waals surface area contributed by atoms with Crippen molar-refractivity contribution in [1.82, 2.24) is 74.1 Å². The van der Waals surface area contributed by atoms with Gasteiger partial charge in [-0.1, -0.05) is 37.3 Å². The zero-order valence-electron chi connectivity index (χ0n) is 61.8. The van der Waals surface area contributed by atoms with E-state index in [4.69, 9.17) is 31.4 Å². The molecule has 45 nitrogen and oxygen atoms in total. The highest BCUT2D eigenvalue weighted by atomic mass is 16.7. The van der Waals surface area contributed by atoms with Crippen LogP contribution in [0.1, 0.15) is 109 Å². The molecule has 0 bridgehead atoms. The minimum atomic E-state index is -2.47. The number of ketones is 1. The molecule has 1 fully saturated rings. The Labute approximate surface area is 641 Å². The van der Waals surface area contributed by atoms with Crippen molar-refractivity contribution < 1.29 is 135 Å². The summed E-state index contributed by atoms with van der Waals surface area (Å²) in [7, 11) is 0. The van der Waals surface area contributed by atoms with Crippen LogP contribution >= 0.6 is 0 Å². The number of amides is 14. The van der Waals surface area contributed by atoms with E-state index in [1.165, 1.54) is 44.3 Å². The van der Waals surface area contributed by atoms with Gasteiger partial charge in [0.1, 0.15) is 79.2 Å². The number of carbonyl (C=O) groups is 21. The van der Waals surface area contributed by atoms with E-state index in [1.807, 2.05) is 16.0 Å². The number of rotatable bonds is 29. The SMILES string of the molecule is CC(=O)N[C@@H](Cc1c[nH]c2ccccc12)C(=O)N[C@H](CC(N)=O)C(=O)N[C@@H](CC(=O)O)C(=O)N[C@@H]1C(=O)NCC(=O)N[C@@H](CCCN)C(=O)N[C@@H](CC(=O)O)C(=O)N[C@H](C)C(=O)N[C@@H](CC(=O)O)C(=O)NCC(=O)N[C@H](COC(=O)OC(C)C)C(=O)N[C@@H]([C@@H](C)CC(=O)O)C(=O)N[C@@H](CC(=O)c2ccccc2N)C(=O)O[C@@H]1C. The van der Waals surface area contributed by atoms with E-state index in [-0.39, 0.29) is 30.6 Å². The van der Waals surface area contributed by atoms with Crippen molar-refractivity contribution in [2.24, 2.45) is 17.4 Å². The first-order valence-electron chi connectivity index (χ1n) is 34.7. The van der Waals surface area contributed by atoms with Gasteiger partial charge in [0.05, 0.1) is 51.3 Å². The van der Waals surface area contributed by atoms with Crippen LogP contribution in [0.2, 0.25) is 0 Å². The molecule has 1 aromatic heterocycles. The average Bonchev–Trinajstić information content (AvgIpc) is 1.79. The number of nitrogens with one attached hydrogen (secondary N) is 14. The first-order chi connectivity index (χ1) is 53.1. The Morgan fingerprint density at radius 1 is 0.575 bits per heavy atom. The number of carboxylic acids is 4. The molecule has 1 aliphatic rings. The lowest BCUT2D eigenvalue weighted by atomic mass is 9.96. The highest BCUT2D eigenvalue weighted by molar-refractivity contribution is 6.05. The maximum Gasteiger partial charge on any atom is 0.508 e. The second kappa shape index (κ2) is 44.3. The number of carbonyl (C=O) groups excluding carboxylic acids is 17. The van der Waals surface area contributed by atoms with E-state index >= 15 is 0 Å². The monoisotopic (exact) mass is 1590 g/mol. The van der Waals surface area contributed by atoms with E-state index < -0.39 is 274 Å². The normalized spacial score (nSPS) is 21.3. The van der Waals surface area contributed by atoms with Crippen LogP contribution in [0.15, 0.2) is 54.7 Å². The zero-order valence-corrected chi connectivity index (χ0v) is 61.8. The van der Waals surface area contributed by atoms with Crippen molar-refractivity contribution >= 4 is 141 Å². The van der Waals surface area contributed by atoms with E-state index in [2.05, 4.69) is 58.2 Å². The molecule has 2 heterocycles. The number of carboxylic acid groups (broad SMARTS) is 4. The molecule has 0 spiro atoms. The van der Waals surface area contributed by atoms with Gasteiger partial charge in [0, 0.05) is 48.1 Å². The number of cyclic esters (lactones) is 1. The number of anilines is 1. The number of para-hydroxylation sites is 2. The highest BCUT2D eigenvalue weighted by Gasteiger charge is 2.41. The molecule has 4 rings (SSSR count). The number of hydrogen-bond donors (Lipinski definition) is 21. The molecule has 616 valence electrons. The Morgan fingerprint density at radius 3 is 1.70 bits per heavy atom. The Bertz CT molecular complexity index is 4090. The molecule has 2 aromatic carbocycles. The Balaban J connectivity index is 1.93. The van der Waals surface area contributed by atoms with E-state index in [0.29, 0.717) is 16.5 Å². The first kappa shape index (κ1) is 92.0. The van der Waals surface area contributed by atoms with Gasteiger partial charge in [-0.2, -0.15) is 0 Å². The standard InChI is InChI=1S/C68H91N17O28/c1-29(2)112-68(110)111-28-46-64(106)84-55(30(3)18-51(91)92)66(108)83-45(20-47(87)36-13-7-9-14-37(36)70)67(109)113-32(5)56(85-63(105)44(24-54(97)98)82-62(104)41(21-48(71)88)80-61(103)40(76-33(6)86)19-34-25-72-38-15-10-8-12-35(34)38)65(107)74-27-49(89)77-39(16-11-17-69)59(101)81-43(23-53(95)96)60(102)75-31(4)57(99)79-42(22-52(93)94)58(100)73-26-50(90)78-46/h7-10,12-15,25,29-32,39-46,55-56,72H,11,16-24,26-28,69-70H2,1-6H3,(H2,71,88)(H,73,100)(H,74,107)(H,75,102)(H,76,86)(H,77,89)(H,78,90)(H,79,99)(H,80,103)(H,81,101)(H,82,104)(H,83,108)(H,84,106)(H,85,105)(H,91,92)(H,93,94)(H,95,96)(H,97,98)/t30-,31+,32+,39-,40-,41+,42-,43-,44-,45-,46+,55-,56-/m0/s1. The van der Waals surface area contributed by atoms with Crippen molar-refractivity contribution in [3.05, 3.63) is 65.9 Å². The molecule has 14 amide bonds. The molecule has 0 unspecified atom stereocenters. The second-order valence-electron chi connectivity index (χ2n) is 26.1. The van der Waals surface area contributed by atoms with Gasteiger partial charge in [-0.3, -0.25) is 91.1 Å². The fourth-order valence-electron chi connectivity index (χ4n) is 10.8. The number of nitrogens with two attached hydrogens (primary N) is 3. The van der Waals surface area contributed by atoms with Gasteiger partial charge in [0.2, 0.25) is 82.7 Å². The van der Waals surface area contributed by atoms with Gasteiger partial charge >= 0.3 is 36.0 Å². The molecule has 113 heavy (non-hydrogen) atoms. The third kappa shape index (κ3) is 30.9. The summed E-state index contributed by atoms with van der Waals surface area (Å²) < 4.78 is 15.6. The maximum atomic E-state index is 14.9. The van der Waals surface area contributed by atoms with Crippen molar-refractivity contribution in [3.63, 3.8) is 0 Å². The molecular formula is C68H91N17O28. The van der Waals surface area contributed by atoms with E-state index in [9.17, 15) is 121 Å². The van der Waals surface area contributed by atoms with Crippen LogP contribution in [0.3, 0.4) is 0 Å². The van der Waals surface area contributed by atoms with Crippen LogP contribution < -0.4 is 86.3 Å². The fourth-order valence-corrected chi connectivity index (χ4v) is 10.8. The van der Waals surface area contributed by atoms with E-state index in [1.54, 1.807) is 24.3 Å². The van der Waals surface area contributed by atoms with Crippen LogP contribution in [0.5, 0.6) is 0 Å². The number of aromatic amines is 1. The summed E-state index contributed by atoms with van der Waals surface area (Å²) in [6.07, 6.45) is -10.9. The Hall–Kier alpha value is -13.4. The maximum absolute atomic E-state index is 14.9. The Morgan fingerprint density at radius 2 is 1.12 bits per heavy atom. The van der Waals surface area contributed by atoms with Crippen LogP contribution in [0.4, 0.5) is 10.5 Å². The van der Waals surface area contributed by atoms with Crippen LogP contribution in [-0.2, 0) is 112 Å². The van der Waals surface area contributed by atoms with Crippen molar-refractivity contribution in [1.29, 1.82) is 0 Å². The number of hydrogen-bond acceptors (Lipinski definition) is 26. The summed E-state index contributed by atoms with van der Waals surface area (Å²) in [6.45, 7) is 2.84. The van der Waals surface area contributed by atoms with Gasteiger partial charge in [-0.15, -0.1) is 0 Å². The molecular weight excluding hydrogens is 1500 g/mol. The summed E-state index contributed by atoms with van der Waals surface area (Å²) in [6, 6.07) is -11.1. The lowest BCUT2D eigenvalue weighted by Gasteiger charge is -2.30. The topological polar surface area (TPSA) is 717 Å². The van der Waals surface area contributed by atoms with Gasteiger partial charge in [-0.25, -0.2) is 9.59 Å². The first-order valence-corrected chi connectivity index (χ1v) is 34.7. The predicted molar refractivity (Wildman–Crippen MR) is 384 cm³/mol. The molecule has 0 aliphatic carbocycles. The number of Topliss-reactive ketones (excluding diaryl/α,β-unsaturated/α-hetero) is 1. The molecule has 13 atom stereocenters. The number of benzene rings is 2. The number of ether oxygens (including phenoxy) is 3. The average molecular weight is 1590 g/mol. The smallest absolute Gasteiger partial charge is 0.481 e. The predicted octanol–water partition coefficient (Wildman–Crippen LogP) is -7.17. The van der Waals surface area contributed by atoms with Gasteiger partial charge in [-0.05, 0) is 76.8 Å². The largest absolute Gasteiger partial charge is 0.508 e. The molecule has 3 aromatic rings. The van der Waals surface area contributed by atoms with E-state index in [0.717, 1.165) is 27.7 Å². The number of aliphatic carboxylic acids is 4. The zero-order chi connectivity index (χ0) is 84.7. The number of esters is 1. The molecule has 1 aliphatic heterocycles. The lowest BCUT2D eigenvalue weighted by molar-refractivity contribution is -0.156. The third-order valence-corrected chi connectivity index (χ3v) is 16.4. The Kier molecular flexibility index (Phi) is 36.1. The molecule has 24 N–H and O–H groups in total. The summed E-state index contributed by atoms with van der Waals surface area (Å²) >= 11 is 0. The van der Waals surface area contributed by atoms with Gasteiger partial charge in [0.25, 0.3) is 0 Å². The van der Waals surface area contributed by atoms with Crippen LogP contribution in [0, 0.1) is 5.92 Å². The summed E-state index contributed by atoms with van der Waals surface area (Å²) in [5, 5.41) is 68.0. The summed E-state index contributed by atoms with van der Waals surface area (Å²) in [5.74, 6) is -30.5. The quantitative estimate of drug-likeness (QED) is 0.0174. The van der Waals surface area contributed by atoms with Crippen LogP contribution in [-0.4, -0.2) is 255 Å². The molecule has 0 radical (unpaired) electrons. The van der Waals surface area contributed by atoms with Crippen molar-refractivity contribution in [2.45, 2.75) is 178 Å². The third-order valence-electron chi connectivity index (χ3n) is 16.4. The highest BCUT2D eigenvalue weighted by Crippen LogP contribution is 2.21. The number of nitrogen functional groups attached to an aromatic ring is 1. The molecule has 1 saturated heterocycles. The van der Waals surface area contributed by atoms with Gasteiger partial charge in [0.15, 0.2) is 5.78 Å². The number of aromatic nitrogens is 1. The summed E-state index contributed by atoms with van der Waals surface area (Å²) in [5.41, 5.74) is 17.9. The molecule has 45 heteroatoms. The minimum absolute atomic E-state index is 0.105. The number of H-pyrrole nitrogens is 1. The van der Waals surface area contributed by atoms with Crippen molar-refractivity contribution in [3.8, 4) is 0 Å². The second-order valence-corrected chi connectivity index (χ2v) is 26.1. The van der Waals surface area contributed by atoms with Crippen molar-refractivity contribution in [2.75, 3.05) is 32.0 Å². The number of fused-ring (bicyclic) bond motifs is 1. The lowest BCUT2D eigenvalue weighted by Crippen LogP contribution is -2.62. The van der Waals surface area contributed by atoms with Gasteiger partial charge < -0.3 is 126 Å². The molecule has 0 saturated carbocycles. The fraction of sp³-hybridized carbons (Fsp3) is 0.485. The van der Waals surface area contributed by atoms with Crippen LogP contribution in [0.25, 0.3) is 10.9 Å². The minimum Gasteiger partial charge on any atom is -0.481 e. The number of primary amides is 1. The summed E-state index contributed by atoms with van der Waals surface area (Å²) in [4.78, 5) is 288.